The van der Waals surface area contributed by atoms with Crippen LogP contribution in [0.1, 0.15) is 47.4 Å². The number of carbonyl (C=O) groups excluding carboxylic acids is 1. The fourth-order valence-corrected chi connectivity index (χ4v) is 2.75. The van der Waals surface area contributed by atoms with Crippen molar-refractivity contribution in [1.29, 1.82) is 0 Å². The van der Waals surface area contributed by atoms with Crippen molar-refractivity contribution in [3.05, 3.63) is 41.1 Å². The highest BCUT2D eigenvalue weighted by molar-refractivity contribution is 5.94. The lowest BCUT2D eigenvalue weighted by molar-refractivity contribution is 0.0727. The molecule has 7 heteroatoms. The second-order valence-corrected chi connectivity index (χ2v) is 6.43. The van der Waals surface area contributed by atoms with Gasteiger partial charge < -0.3 is 19.8 Å². The largest absolute Gasteiger partial charge is 0.467 e. The molecule has 0 spiro atoms. The predicted octanol–water partition coefficient (Wildman–Crippen LogP) is 1.79. The van der Waals surface area contributed by atoms with E-state index in [9.17, 15) is 4.79 Å². The van der Waals surface area contributed by atoms with Gasteiger partial charge in [-0.05, 0) is 18.1 Å². The molecule has 2 aromatic rings. The minimum absolute atomic E-state index is 0.217. The number of rotatable bonds is 7. The van der Waals surface area contributed by atoms with Gasteiger partial charge in [-0.3, -0.25) is 9.89 Å². The molecule has 0 fully saturated rings. The second kappa shape index (κ2) is 7.63. The number of hydrogen-bond donors (Lipinski definition) is 3. The lowest BCUT2D eigenvalue weighted by Crippen LogP contribution is -2.33. The molecule has 2 aromatic heterocycles. The summed E-state index contributed by atoms with van der Waals surface area (Å²) in [5.41, 5.74) is 2.42. The summed E-state index contributed by atoms with van der Waals surface area (Å²) >= 11 is 0. The first-order valence-corrected chi connectivity index (χ1v) is 8.34. The summed E-state index contributed by atoms with van der Waals surface area (Å²) in [6.07, 6.45) is 2.45. The molecule has 130 valence electrons. The van der Waals surface area contributed by atoms with E-state index in [0.29, 0.717) is 37.1 Å². The Morgan fingerprint density at radius 2 is 2.33 bits per heavy atom. The van der Waals surface area contributed by atoms with E-state index in [1.54, 1.807) is 12.3 Å². The third kappa shape index (κ3) is 3.85. The number of fused-ring (bicyclic) bond motifs is 1. The maximum Gasteiger partial charge on any atom is 0.272 e. The maximum absolute atomic E-state index is 12.7. The molecular formula is C17H24N4O3. The zero-order chi connectivity index (χ0) is 16.9. The van der Waals surface area contributed by atoms with Crippen molar-refractivity contribution in [3.8, 4) is 0 Å². The Hall–Kier alpha value is -2.12. The molecule has 0 bridgehead atoms. The molecule has 1 aliphatic heterocycles. The number of nitrogens with zero attached hydrogens (tertiary/aromatic N) is 1. The molecular weight excluding hydrogens is 308 g/mol. The van der Waals surface area contributed by atoms with Crippen LogP contribution in [0.25, 0.3) is 0 Å². The molecule has 0 aliphatic carbocycles. The van der Waals surface area contributed by atoms with Crippen LogP contribution in [0.4, 0.5) is 0 Å². The van der Waals surface area contributed by atoms with Gasteiger partial charge in [-0.15, -0.1) is 0 Å². The summed E-state index contributed by atoms with van der Waals surface area (Å²) in [5, 5.41) is 13.4. The van der Waals surface area contributed by atoms with Gasteiger partial charge in [0.25, 0.3) is 5.91 Å². The lowest BCUT2D eigenvalue weighted by atomic mass is 10.1. The van der Waals surface area contributed by atoms with E-state index < -0.39 is 0 Å². The Balaban J connectivity index is 1.70. The number of ether oxygens (including phenoxy) is 1. The summed E-state index contributed by atoms with van der Waals surface area (Å²) in [4.78, 5) is 12.7. The molecule has 1 aliphatic rings. The van der Waals surface area contributed by atoms with Crippen molar-refractivity contribution in [1.82, 2.24) is 20.8 Å². The van der Waals surface area contributed by atoms with Crippen molar-refractivity contribution in [2.24, 2.45) is 5.92 Å². The smallest absolute Gasteiger partial charge is 0.272 e. The van der Waals surface area contributed by atoms with Gasteiger partial charge in [0.2, 0.25) is 0 Å². The number of nitrogens with one attached hydrogen (secondary N) is 3. The van der Waals surface area contributed by atoms with E-state index >= 15 is 0 Å². The number of H-pyrrole nitrogens is 1. The van der Waals surface area contributed by atoms with Crippen LogP contribution in [0, 0.1) is 5.92 Å². The molecule has 0 aromatic carbocycles. The number of carbonyl (C=O) groups is 1. The number of furan rings is 1. The normalized spacial score (nSPS) is 15.3. The average Bonchev–Trinajstić information content (AvgIpc) is 3.23. The number of aromatic amines is 1. The minimum atomic E-state index is -0.338. The van der Waals surface area contributed by atoms with E-state index in [1.165, 1.54) is 0 Å². The van der Waals surface area contributed by atoms with Crippen molar-refractivity contribution in [2.75, 3.05) is 19.8 Å². The molecule has 1 unspecified atom stereocenters. The summed E-state index contributed by atoms with van der Waals surface area (Å²) in [6, 6.07) is 3.30. The Morgan fingerprint density at radius 1 is 1.46 bits per heavy atom. The number of hydrogen-bond acceptors (Lipinski definition) is 5. The van der Waals surface area contributed by atoms with Gasteiger partial charge in [-0.2, -0.15) is 5.10 Å². The van der Waals surface area contributed by atoms with Crippen LogP contribution in [-0.2, 0) is 17.7 Å². The maximum atomic E-state index is 12.7. The molecule has 3 N–H and O–H groups in total. The van der Waals surface area contributed by atoms with E-state index in [0.717, 1.165) is 24.2 Å². The Morgan fingerprint density at radius 3 is 3.08 bits per heavy atom. The van der Waals surface area contributed by atoms with Crippen LogP contribution in [-0.4, -0.2) is 35.9 Å². The quantitative estimate of drug-likeness (QED) is 0.719. The summed E-state index contributed by atoms with van der Waals surface area (Å²) < 4.78 is 11.1. The zero-order valence-corrected chi connectivity index (χ0v) is 14.1. The van der Waals surface area contributed by atoms with Gasteiger partial charge in [0, 0.05) is 37.4 Å². The Labute approximate surface area is 141 Å². The molecule has 0 radical (unpaired) electrons. The van der Waals surface area contributed by atoms with Crippen LogP contribution in [0.5, 0.6) is 0 Å². The molecule has 24 heavy (non-hydrogen) atoms. The zero-order valence-electron chi connectivity index (χ0n) is 14.1. The SMILES string of the molecule is CC(C)COCC(NC(=O)c1n[nH]c2c1CNCC2)c1ccco1. The Bertz CT molecular complexity index is 663. The standard InChI is InChI=1S/C17H24N4O3/c1-11(2)9-23-10-14(15-4-3-7-24-15)19-17(22)16-12-8-18-6-5-13(12)20-21-16/h3-4,7,11,14,18H,5-6,8-10H2,1-2H3,(H,19,22)(H,20,21). The highest BCUT2D eigenvalue weighted by atomic mass is 16.5. The molecule has 1 atom stereocenters. The average molecular weight is 332 g/mol. The fourth-order valence-electron chi connectivity index (χ4n) is 2.75. The van der Waals surface area contributed by atoms with Crippen LogP contribution >= 0.6 is 0 Å². The van der Waals surface area contributed by atoms with Crippen molar-refractivity contribution in [3.63, 3.8) is 0 Å². The fraction of sp³-hybridized carbons (Fsp3) is 0.529. The van der Waals surface area contributed by atoms with Gasteiger partial charge in [-0.1, -0.05) is 13.8 Å². The first-order chi connectivity index (χ1) is 11.6. The highest BCUT2D eigenvalue weighted by Crippen LogP contribution is 2.18. The van der Waals surface area contributed by atoms with Gasteiger partial charge >= 0.3 is 0 Å². The van der Waals surface area contributed by atoms with Crippen molar-refractivity contribution in [2.45, 2.75) is 32.9 Å². The van der Waals surface area contributed by atoms with Gasteiger partial charge in [0.05, 0.1) is 12.9 Å². The van der Waals surface area contributed by atoms with Gasteiger partial charge in [-0.25, -0.2) is 0 Å². The molecule has 3 rings (SSSR count). The van der Waals surface area contributed by atoms with Crippen LogP contribution in [0.15, 0.2) is 22.8 Å². The van der Waals surface area contributed by atoms with Gasteiger partial charge in [0.1, 0.15) is 11.8 Å². The number of aromatic nitrogens is 2. The highest BCUT2D eigenvalue weighted by Gasteiger charge is 2.25. The third-order valence-corrected chi connectivity index (χ3v) is 3.95. The van der Waals surface area contributed by atoms with Crippen molar-refractivity contribution < 1.29 is 13.9 Å². The van der Waals surface area contributed by atoms with Crippen molar-refractivity contribution >= 4 is 5.91 Å². The molecule has 7 nitrogen and oxygen atoms in total. The lowest BCUT2D eigenvalue weighted by Gasteiger charge is -2.18. The number of amides is 1. The summed E-state index contributed by atoms with van der Waals surface area (Å²) in [5.74, 6) is 0.891. The van der Waals surface area contributed by atoms with E-state index in [4.69, 9.17) is 9.15 Å². The van der Waals surface area contributed by atoms with E-state index in [-0.39, 0.29) is 11.9 Å². The first kappa shape index (κ1) is 16.7. The molecule has 0 saturated heterocycles. The Kier molecular flexibility index (Phi) is 5.32. The summed E-state index contributed by atoms with van der Waals surface area (Å²) in [6.45, 7) is 6.72. The molecule has 0 saturated carbocycles. The van der Waals surface area contributed by atoms with E-state index in [2.05, 4.69) is 34.7 Å². The second-order valence-electron chi connectivity index (χ2n) is 6.43. The topological polar surface area (TPSA) is 92.2 Å². The molecule has 3 heterocycles. The predicted molar refractivity (Wildman–Crippen MR) is 88.6 cm³/mol. The third-order valence-electron chi connectivity index (χ3n) is 3.95. The van der Waals surface area contributed by atoms with Crippen LogP contribution < -0.4 is 10.6 Å². The molecule has 1 amide bonds. The van der Waals surface area contributed by atoms with Gasteiger partial charge in [0.15, 0.2) is 5.69 Å². The first-order valence-electron chi connectivity index (χ1n) is 8.34. The minimum Gasteiger partial charge on any atom is -0.467 e. The van der Waals surface area contributed by atoms with E-state index in [1.807, 2.05) is 6.07 Å². The summed E-state index contributed by atoms with van der Waals surface area (Å²) in [7, 11) is 0. The monoisotopic (exact) mass is 332 g/mol. The van der Waals surface area contributed by atoms with Crippen LogP contribution in [0.2, 0.25) is 0 Å². The van der Waals surface area contributed by atoms with Crippen LogP contribution in [0.3, 0.4) is 0 Å².